The molecule has 0 saturated heterocycles. The normalized spacial score (nSPS) is 11.9. The highest BCUT2D eigenvalue weighted by molar-refractivity contribution is 5.73. The topological polar surface area (TPSA) is 92.9 Å². The maximum absolute atomic E-state index is 11.5. The van der Waals surface area contributed by atoms with E-state index in [1.165, 1.54) is 16.0 Å². The number of hydrogen-bond acceptors (Lipinski definition) is 3. The van der Waals surface area contributed by atoms with Crippen LogP contribution < -0.4 is 10.5 Å². The highest BCUT2D eigenvalue weighted by atomic mass is 16.5. The molecule has 0 bridgehead atoms. The number of rotatable bonds is 12. The number of urea groups is 1. The fraction of sp³-hybridized carbons (Fsp3) is 0.652. The Labute approximate surface area is 175 Å². The van der Waals surface area contributed by atoms with Crippen LogP contribution in [-0.2, 0) is 15.6 Å². The molecule has 0 aliphatic carbocycles. The van der Waals surface area contributed by atoms with E-state index in [2.05, 4.69) is 59.7 Å². The SMILES string of the molecule is CCC(C)(C)c1ccc(OCCCN(CCC(=O)O)C(N)=O)c(C(C)(C)CC)c1. The summed E-state index contributed by atoms with van der Waals surface area (Å²) in [7, 11) is 0. The van der Waals surface area contributed by atoms with Crippen LogP contribution in [0.3, 0.4) is 0 Å². The molecule has 0 spiro atoms. The Morgan fingerprint density at radius 3 is 2.21 bits per heavy atom. The van der Waals surface area contributed by atoms with E-state index in [-0.39, 0.29) is 23.8 Å². The zero-order valence-electron chi connectivity index (χ0n) is 18.9. The second-order valence-electron chi connectivity index (χ2n) is 8.86. The molecule has 0 aliphatic rings. The first-order chi connectivity index (χ1) is 13.4. The van der Waals surface area contributed by atoms with Gasteiger partial charge in [-0.05, 0) is 41.7 Å². The highest BCUT2D eigenvalue weighted by Gasteiger charge is 2.26. The Morgan fingerprint density at radius 2 is 1.69 bits per heavy atom. The Balaban J connectivity index is 2.87. The predicted octanol–water partition coefficient (Wildman–Crippen LogP) is 4.69. The van der Waals surface area contributed by atoms with Gasteiger partial charge in [0, 0.05) is 18.7 Å². The van der Waals surface area contributed by atoms with E-state index >= 15 is 0 Å². The Morgan fingerprint density at radius 1 is 1.07 bits per heavy atom. The number of carbonyl (C=O) groups is 2. The van der Waals surface area contributed by atoms with Gasteiger partial charge in [0.05, 0.1) is 13.0 Å². The number of carboxylic acids is 1. The molecule has 3 N–H and O–H groups in total. The second-order valence-corrected chi connectivity index (χ2v) is 8.86. The fourth-order valence-corrected chi connectivity index (χ4v) is 3.00. The maximum Gasteiger partial charge on any atom is 0.314 e. The van der Waals surface area contributed by atoms with Gasteiger partial charge < -0.3 is 20.5 Å². The van der Waals surface area contributed by atoms with Gasteiger partial charge in [-0.2, -0.15) is 0 Å². The average molecular weight is 407 g/mol. The van der Waals surface area contributed by atoms with Crippen molar-refractivity contribution in [2.75, 3.05) is 19.7 Å². The molecule has 0 heterocycles. The number of nitrogens with two attached hydrogens (primary N) is 1. The summed E-state index contributed by atoms with van der Waals surface area (Å²) in [6.07, 6.45) is 2.51. The van der Waals surface area contributed by atoms with Crippen LogP contribution in [0, 0.1) is 0 Å². The summed E-state index contributed by atoms with van der Waals surface area (Å²) in [6, 6.07) is 5.85. The summed E-state index contributed by atoms with van der Waals surface area (Å²) in [6.45, 7) is 14.2. The Bertz CT molecular complexity index is 698. The van der Waals surface area contributed by atoms with E-state index in [9.17, 15) is 9.59 Å². The Kier molecular flexibility index (Phi) is 8.99. The zero-order chi connectivity index (χ0) is 22.2. The minimum absolute atomic E-state index is 0.0179. The van der Waals surface area contributed by atoms with Gasteiger partial charge in [0.15, 0.2) is 0 Å². The predicted molar refractivity (Wildman–Crippen MR) is 117 cm³/mol. The van der Waals surface area contributed by atoms with Crippen molar-refractivity contribution < 1.29 is 19.4 Å². The van der Waals surface area contributed by atoms with Crippen molar-refractivity contribution in [1.29, 1.82) is 0 Å². The summed E-state index contributed by atoms with van der Waals surface area (Å²) < 4.78 is 6.09. The summed E-state index contributed by atoms with van der Waals surface area (Å²) in [5.41, 5.74) is 7.92. The zero-order valence-corrected chi connectivity index (χ0v) is 18.9. The van der Waals surface area contributed by atoms with Crippen LogP contribution in [0.5, 0.6) is 5.75 Å². The lowest BCUT2D eigenvalue weighted by Crippen LogP contribution is -2.38. The molecule has 1 aromatic carbocycles. The summed E-state index contributed by atoms with van der Waals surface area (Å²) >= 11 is 0. The van der Waals surface area contributed by atoms with Gasteiger partial charge in [0.1, 0.15) is 5.75 Å². The van der Waals surface area contributed by atoms with Gasteiger partial charge >= 0.3 is 12.0 Å². The van der Waals surface area contributed by atoms with E-state index in [4.69, 9.17) is 15.6 Å². The van der Waals surface area contributed by atoms with Gasteiger partial charge in [-0.3, -0.25) is 4.79 Å². The van der Waals surface area contributed by atoms with E-state index < -0.39 is 12.0 Å². The van der Waals surface area contributed by atoms with Crippen molar-refractivity contribution >= 4 is 12.0 Å². The number of primary amides is 1. The first-order valence-electron chi connectivity index (χ1n) is 10.5. The van der Waals surface area contributed by atoms with Crippen molar-refractivity contribution in [3.05, 3.63) is 29.3 Å². The lowest BCUT2D eigenvalue weighted by Gasteiger charge is -2.30. The lowest BCUT2D eigenvalue weighted by atomic mass is 9.76. The number of carboxylic acid groups (broad SMARTS) is 1. The third-order valence-electron chi connectivity index (χ3n) is 6.00. The highest BCUT2D eigenvalue weighted by Crippen LogP contribution is 2.38. The number of aliphatic carboxylic acids is 1. The van der Waals surface area contributed by atoms with Gasteiger partial charge in [-0.15, -0.1) is 0 Å². The van der Waals surface area contributed by atoms with Crippen LogP contribution in [-0.4, -0.2) is 41.7 Å². The molecular formula is C23H38N2O4. The molecule has 0 radical (unpaired) electrons. The average Bonchev–Trinajstić information content (AvgIpc) is 2.66. The van der Waals surface area contributed by atoms with Gasteiger partial charge in [-0.25, -0.2) is 4.79 Å². The quantitative estimate of drug-likeness (QED) is 0.493. The molecule has 1 rings (SSSR count). The fourth-order valence-electron chi connectivity index (χ4n) is 3.00. The number of carbonyl (C=O) groups excluding carboxylic acids is 1. The minimum Gasteiger partial charge on any atom is -0.493 e. The monoisotopic (exact) mass is 406 g/mol. The van der Waals surface area contributed by atoms with E-state index in [1.54, 1.807) is 0 Å². The molecule has 0 aliphatic heterocycles. The van der Waals surface area contributed by atoms with Crippen molar-refractivity contribution in [1.82, 2.24) is 4.90 Å². The van der Waals surface area contributed by atoms with Crippen LogP contribution in [0.15, 0.2) is 18.2 Å². The number of amides is 2. The van der Waals surface area contributed by atoms with Crippen LogP contribution in [0.4, 0.5) is 4.79 Å². The van der Waals surface area contributed by atoms with Crippen molar-refractivity contribution in [2.24, 2.45) is 5.73 Å². The van der Waals surface area contributed by atoms with Gasteiger partial charge in [0.25, 0.3) is 0 Å². The number of ether oxygens (including phenoxy) is 1. The molecule has 0 saturated carbocycles. The van der Waals surface area contributed by atoms with Crippen molar-refractivity contribution in [2.45, 2.75) is 78.1 Å². The standard InChI is InChI=1S/C23H38N2O4/c1-7-22(3,4)17-10-11-19(18(16-17)23(5,6)8-2)29-15-9-13-25(21(24)28)14-12-20(26)27/h10-11,16H,7-9,12-15H2,1-6H3,(H2,24,28)(H,26,27). The molecule has 6 heteroatoms. The van der Waals surface area contributed by atoms with Crippen molar-refractivity contribution in [3.8, 4) is 5.75 Å². The number of hydrogen-bond donors (Lipinski definition) is 2. The Hall–Kier alpha value is -2.24. The van der Waals surface area contributed by atoms with Crippen LogP contribution in [0.1, 0.15) is 78.4 Å². The van der Waals surface area contributed by atoms with E-state index in [1.807, 2.05) is 0 Å². The van der Waals surface area contributed by atoms with E-state index in [0.29, 0.717) is 19.6 Å². The lowest BCUT2D eigenvalue weighted by molar-refractivity contribution is -0.137. The molecule has 164 valence electrons. The van der Waals surface area contributed by atoms with Crippen LogP contribution >= 0.6 is 0 Å². The molecule has 0 fully saturated rings. The molecule has 0 atom stereocenters. The molecular weight excluding hydrogens is 368 g/mol. The summed E-state index contributed by atoms with van der Waals surface area (Å²) in [4.78, 5) is 23.5. The molecule has 2 amide bonds. The van der Waals surface area contributed by atoms with Gasteiger partial charge in [-0.1, -0.05) is 53.7 Å². The van der Waals surface area contributed by atoms with Crippen LogP contribution in [0.25, 0.3) is 0 Å². The maximum atomic E-state index is 11.5. The molecule has 1 aromatic rings. The third-order valence-corrected chi connectivity index (χ3v) is 6.00. The molecule has 0 aromatic heterocycles. The molecule has 29 heavy (non-hydrogen) atoms. The van der Waals surface area contributed by atoms with Gasteiger partial charge in [0.2, 0.25) is 0 Å². The number of benzene rings is 1. The number of nitrogens with zero attached hydrogens (tertiary/aromatic N) is 1. The first kappa shape index (κ1) is 24.8. The first-order valence-corrected chi connectivity index (χ1v) is 10.5. The van der Waals surface area contributed by atoms with E-state index in [0.717, 1.165) is 18.6 Å². The second kappa shape index (κ2) is 10.5. The smallest absolute Gasteiger partial charge is 0.314 e. The summed E-state index contributed by atoms with van der Waals surface area (Å²) in [5.74, 6) is -0.0855. The summed E-state index contributed by atoms with van der Waals surface area (Å²) in [5, 5.41) is 8.79. The third kappa shape index (κ3) is 7.26. The van der Waals surface area contributed by atoms with Crippen molar-refractivity contribution in [3.63, 3.8) is 0 Å². The molecule has 6 nitrogen and oxygen atoms in total. The van der Waals surface area contributed by atoms with Crippen LogP contribution in [0.2, 0.25) is 0 Å². The minimum atomic E-state index is -0.950. The largest absolute Gasteiger partial charge is 0.493 e. The molecule has 0 unspecified atom stereocenters.